The first-order chi connectivity index (χ1) is 7.19. The SMILES string of the molecule is CCOC(=O)C(=CC1CC1)C(=O)OCC. The van der Waals surface area contributed by atoms with Crippen molar-refractivity contribution in [2.75, 3.05) is 13.2 Å². The molecule has 0 saturated heterocycles. The van der Waals surface area contributed by atoms with Gasteiger partial charge in [0.1, 0.15) is 5.57 Å². The molecule has 0 N–H and O–H groups in total. The maximum atomic E-state index is 11.4. The lowest BCUT2D eigenvalue weighted by atomic mass is 10.2. The molecule has 0 bridgehead atoms. The number of rotatable bonds is 5. The van der Waals surface area contributed by atoms with Gasteiger partial charge in [0.05, 0.1) is 13.2 Å². The van der Waals surface area contributed by atoms with Crippen LogP contribution in [0.4, 0.5) is 0 Å². The molecule has 0 atom stereocenters. The fourth-order valence-corrected chi connectivity index (χ4v) is 1.14. The highest BCUT2D eigenvalue weighted by atomic mass is 16.6. The lowest BCUT2D eigenvalue weighted by Gasteiger charge is -2.05. The van der Waals surface area contributed by atoms with Crippen LogP contribution in [0, 0.1) is 5.92 Å². The van der Waals surface area contributed by atoms with Crippen LogP contribution in [0.5, 0.6) is 0 Å². The van der Waals surface area contributed by atoms with E-state index in [1.807, 2.05) is 0 Å². The fourth-order valence-electron chi connectivity index (χ4n) is 1.14. The van der Waals surface area contributed by atoms with Crippen molar-refractivity contribution in [1.82, 2.24) is 0 Å². The summed E-state index contributed by atoms with van der Waals surface area (Å²) in [7, 11) is 0. The molecule has 0 aromatic rings. The lowest BCUT2D eigenvalue weighted by molar-refractivity contribution is -0.146. The molecule has 84 valence electrons. The van der Waals surface area contributed by atoms with Crippen molar-refractivity contribution in [3.05, 3.63) is 11.6 Å². The van der Waals surface area contributed by atoms with Gasteiger partial charge >= 0.3 is 11.9 Å². The van der Waals surface area contributed by atoms with Crippen molar-refractivity contribution >= 4 is 11.9 Å². The summed E-state index contributed by atoms with van der Waals surface area (Å²) in [6.07, 6.45) is 3.72. The highest BCUT2D eigenvalue weighted by Crippen LogP contribution is 2.31. The summed E-state index contributed by atoms with van der Waals surface area (Å²) >= 11 is 0. The zero-order chi connectivity index (χ0) is 11.3. The van der Waals surface area contributed by atoms with E-state index >= 15 is 0 Å². The van der Waals surface area contributed by atoms with Crippen LogP contribution in [-0.4, -0.2) is 25.2 Å². The molecule has 0 aromatic carbocycles. The molecule has 4 heteroatoms. The second kappa shape index (κ2) is 5.53. The Morgan fingerprint density at radius 1 is 1.13 bits per heavy atom. The van der Waals surface area contributed by atoms with Gasteiger partial charge in [-0.2, -0.15) is 0 Å². The maximum Gasteiger partial charge on any atom is 0.345 e. The summed E-state index contributed by atoms with van der Waals surface area (Å²) in [6.45, 7) is 3.94. The Kier molecular flexibility index (Phi) is 4.34. The van der Waals surface area contributed by atoms with E-state index in [1.54, 1.807) is 19.9 Å². The summed E-state index contributed by atoms with van der Waals surface area (Å²) in [6, 6.07) is 0. The third-order valence-corrected chi connectivity index (χ3v) is 2.02. The Balaban J connectivity index is 2.67. The van der Waals surface area contributed by atoms with Crippen LogP contribution in [-0.2, 0) is 19.1 Å². The topological polar surface area (TPSA) is 52.6 Å². The van der Waals surface area contributed by atoms with Crippen LogP contribution in [0.15, 0.2) is 11.6 Å². The van der Waals surface area contributed by atoms with Crippen molar-refractivity contribution in [3.8, 4) is 0 Å². The summed E-state index contributed by atoms with van der Waals surface area (Å²) in [4.78, 5) is 22.9. The Hall–Kier alpha value is -1.32. The van der Waals surface area contributed by atoms with E-state index < -0.39 is 11.9 Å². The molecule has 0 amide bonds. The predicted octanol–water partition coefficient (Wildman–Crippen LogP) is 1.45. The van der Waals surface area contributed by atoms with Gasteiger partial charge < -0.3 is 9.47 Å². The van der Waals surface area contributed by atoms with Gasteiger partial charge in [0.25, 0.3) is 0 Å². The predicted molar refractivity (Wildman–Crippen MR) is 54.1 cm³/mol. The molecule has 1 aliphatic carbocycles. The molecule has 0 aliphatic heterocycles. The highest BCUT2D eigenvalue weighted by Gasteiger charge is 2.27. The molecular weight excluding hydrogens is 196 g/mol. The molecule has 0 radical (unpaired) electrons. The van der Waals surface area contributed by atoms with Crippen LogP contribution in [0.2, 0.25) is 0 Å². The van der Waals surface area contributed by atoms with Crippen molar-refractivity contribution in [3.63, 3.8) is 0 Å². The fraction of sp³-hybridized carbons (Fsp3) is 0.636. The lowest BCUT2D eigenvalue weighted by Crippen LogP contribution is -2.18. The quantitative estimate of drug-likeness (QED) is 0.299. The average Bonchev–Trinajstić information content (AvgIpc) is 2.98. The van der Waals surface area contributed by atoms with Gasteiger partial charge in [-0.3, -0.25) is 0 Å². The van der Waals surface area contributed by atoms with E-state index in [0.29, 0.717) is 5.92 Å². The normalized spacial score (nSPS) is 14.3. The number of hydrogen-bond acceptors (Lipinski definition) is 4. The Labute approximate surface area is 89.2 Å². The zero-order valence-electron chi connectivity index (χ0n) is 9.12. The van der Waals surface area contributed by atoms with Gasteiger partial charge in [0, 0.05) is 0 Å². The van der Waals surface area contributed by atoms with Gasteiger partial charge in [0.15, 0.2) is 0 Å². The van der Waals surface area contributed by atoms with Crippen LogP contribution in [0.25, 0.3) is 0 Å². The maximum absolute atomic E-state index is 11.4. The Morgan fingerprint density at radius 3 is 1.93 bits per heavy atom. The van der Waals surface area contributed by atoms with Crippen LogP contribution in [0.1, 0.15) is 26.7 Å². The van der Waals surface area contributed by atoms with E-state index in [-0.39, 0.29) is 18.8 Å². The minimum Gasteiger partial charge on any atom is -0.462 e. The minimum atomic E-state index is -0.581. The summed E-state index contributed by atoms with van der Waals surface area (Å²) in [5.41, 5.74) is 0.0428. The largest absolute Gasteiger partial charge is 0.462 e. The molecule has 0 unspecified atom stereocenters. The molecule has 1 fully saturated rings. The monoisotopic (exact) mass is 212 g/mol. The Bertz CT molecular complexity index is 256. The van der Waals surface area contributed by atoms with Crippen molar-refractivity contribution in [1.29, 1.82) is 0 Å². The highest BCUT2D eigenvalue weighted by molar-refractivity contribution is 6.14. The third-order valence-electron chi connectivity index (χ3n) is 2.02. The smallest absolute Gasteiger partial charge is 0.345 e. The van der Waals surface area contributed by atoms with Gasteiger partial charge in [-0.15, -0.1) is 0 Å². The minimum absolute atomic E-state index is 0.0428. The van der Waals surface area contributed by atoms with Gasteiger partial charge in [-0.05, 0) is 32.6 Å². The van der Waals surface area contributed by atoms with Crippen LogP contribution >= 0.6 is 0 Å². The van der Waals surface area contributed by atoms with Gasteiger partial charge in [0.2, 0.25) is 0 Å². The third kappa shape index (κ3) is 3.73. The van der Waals surface area contributed by atoms with E-state index in [9.17, 15) is 9.59 Å². The van der Waals surface area contributed by atoms with Gasteiger partial charge in [-0.1, -0.05) is 6.08 Å². The molecule has 1 rings (SSSR count). The van der Waals surface area contributed by atoms with E-state index in [1.165, 1.54) is 0 Å². The first-order valence-corrected chi connectivity index (χ1v) is 5.25. The molecule has 0 heterocycles. The van der Waals surface area contributed by atoms with Crippen LogP contribution in [0.3, 0.4) is 0 Å². The van der Waals surface area contributed by atoms with Crippen molar-refractivity contribution in [2.45, 2.75) is 26.7 Å². The molecule has 0 spiro atoms. The van der Waals surface area contributed by atoms with E-state index in [4.69, 9.17) is 9.47 Å². The van der Waals surface area contributed by atoms with Gasteiger partial charge in [-0.25, -0.2) is 9.59 Å². The molecule has 15 heavy (non-hydrogen) atoms. The van der Waals surface area contributed by atoms with E-state index in [2.05, 4.69) is 0 Å². The number of esters is 2. The Morgan fingerprint density at radius 2 is 1.60 bits per heavy atom. The molecule has 1 saturated carbocycles. The number of allylic oxidation sites excluding steroid dienone is 1. The molecule has 4 nitrogen and oxygen atoms in total. The number of carbonyl (C=O) groups excluding carboxylic acids is 2. The first kappa shape index (κ1) is 11.8. The summed E-state index contributed by atoms with van der Waals surface area (Å²) in [5.74, 6) is -0.820. The van der Waals surface area contributed by atoms with Crippen molar-refractivity contribution in [2.24, 2.45) is 5.92 Å². The molecule has 1 aliphatic rings. The number of carbonyl (C=O) groups is 2. The zero-order valence-corrected chi connectivity index (χ0v) is 9.12. The first-order valence-electron chi connectivity index (χ1n) is 5.25. The second-order valence-corrected chi connectivity index (χ2v) is 3.36. The van der Waals surface area contributed by atoms with Crippen LogP contribution < -0.4 is 0 Å². The molecule has 0 aromatic heterocycles. The summed E-state index contributed by atoms with van der Waals surface area (Å²) < 4.78 is 9.58. The summed E-state index contributed by atoms with van der Waals surface area (Å²) in [5, 5.41) is 0. The second-order valence-electron chi connectivity index (χ2n) is 3.36. The number of hydrogen-bond donors (Lipinski definition) is 0. The number of ether oxygens (including phenoxy) is 2. The van der Waals surface area contributed by atoms with E-state index in [0.717, 1.165) is 12.8 Å². The molecular formula is C11H16O4. The average molecular weight is 212 g/mol. The van der Waals surface area contributed by atoms with Crippen molar-refractivity contribution < 1.29 is 19.1 Å². The standard InChI is InChI=1S/C11H16O4/c1-3-14-10(12)9(7-8-5-6-8)11(13)15-4-2/h7-8H,3-6H2,1-2H3.